The van der Waals surface area contributed by atoms with Crippen LogP contribution in [0.25, 0.3) is 11.2 Å². The van der Waals surface area contributed by atoms with E-state index in [0.29, 0.717) is 0 Å². The number of aromatic amines is 2. The number of rotatable bonds is 11. The van der Waals surface area contributed by atoms with E-state index in [1.807, 2.05) is 32.8 Å². The molecule has 0 spiro atoms. The van der Waals surface area contributed by atoms with Gasteiger partial charge in [0, 0.05) is 0 Å². The zero-order valence-electron chi connectivity index (χ0n) is 19.1. The van der Waals surface area contributed by atoms with Crippen molar-refractivity contribution in [1.29, 1.82) is 0 Å². The Kier molecular flexibility index (Phi) is 8.08. The molecule has 7 N–H and O–H groups in total. The summed E-state index contributed by atoms with van der Waals surface area (Å²) in [6.07, 6.45) is -2.26. The number of fused-ring (bicyclic) bond motifs is 1. The third-order valence-electron chi connectivity index (χ3n) is 4.77. The van der Waals surface area contributed by atoms with Gasteiger partial charge in [-0.05, 0) is 27.7 Å². The molecule has 0 bridgehead atoms. The second-order valence-corrected chi connectivity index (χ2v) is 9.85. The van der Waals surface area contributed by atoms with Gasteiger partial charge in [0.2, 0.25) is 11.7 Å². The van der Waals surface area contributed by atoms with E-state index >= 15 is 0 Å². The van der Waals surface area contributed by atoms with E-state index in [9.17, 15) is 19.0 Å². The summed E-state index contributed by atoms with van der Waals surface area (Å²) in [5.74, 6) is -1.41. The fourth-order valence-electron chi connectivity index (χ4n) is 3.58. The topological polar surface area (TPSA) is 215 Å². The Hall–Kier alpha value is -2.39. The monoisotopic (exact) mass is 505 g/mol. The highest BCUT2D eigenvalue weighted by atomic mass is 31.2. The summed E-state index contributed by atoms with van der Waals surface area (Å²) in [4.78, 5) is 42.3. The van der Waals surface area contributed by atoms with E-state index in [1.165, 1.54) is 10.9 Å². The molecule has 0 aliphatic carbocycles. The molecule has 0 amide bonds. The number of nitrogens with two attached hydrogens (primary N) is 1. The first-order chi connectivity index (χ1) is 15.9. The van der Waals surface area contributed by atoms with Gasteiger partial charge in [-0.2, -0.15) is 0 Å². The van der Waals surface area contributed by atoms with E-state index in [2.05, 4.69) is 15.0 Å². The van der Waals surface area contributed by atoms with Crippen molar-refractivity contribution in [3.05, 3.63) is 16.7 Å². The van der Waals surface area contributed by atoms with Gasteiger partial charge in [-0.3, -0.25) is 24.1 Å². The Morgan fingerprint density at radius 3 is 2.59 bits per heavy atom. The molecule has 0 radical (unpaired) electrons. The molecule has 0 aromatic carbocycles. The number of aromatic nitrogens is 4. The average molecular weight is 505 g/mol. The van der Waals surface area contributed by atoms with Crippen molar-refractivity contribution in [2.75, 3.05) is 18.9 Å². The SMILES string of the molecule is CC(C)OC1[C@@H](OC(C)C)[C@@H](COP(=O)(O)NCC(=O)O)O[C@H]1[n+]1c[nH]c2c(=O)[nH]c(N)nc21. The molecule has 16 heteroatoms. The molecular weight excluding hydrogens is 475 g/mol. The van der Waals surface area contributed by atoms with Crippen molar-refractivity contribution in [2.24, 2.45) is 0 Å². The van der Waals surface area contributed by atoms with Gasteiger partial charge in [0.1, 0.15) is 24.9 Å². The summed E-state index contributed by atoms with van der Waals surface area (Å²) in [5.41, 5.74) is 5.62. The van der Waals surface area contributed by atoms with E-state index in [1.54, 1.807) is 0 Å². The lowest BCUT2D eigenvalue weighted by atomic mass is 10.1. The fraction of sp³-hybridized carbons (Fsp3) is 0.667. The maximum absolute atomic E-state index is 12.2. The zero-order chi connectivity index (χ0) is 25.2. The summed E-state index contributed by atoms with van der Waals surface area (Å²) in [6.45, 7) is 6.09. The van der Waals surface area contributed by atoms with Gasteiger partial charge in [0.25, 0.3) is 11.5 Å². The maximum atomic E-state index is 12.2. The number of carboxylic acids is 1. The first kappa shape index (κ1) is 26.2. The molecule has 2 aromatic heterocycles. The van der Waals surface area contributed by atoms with Gasteiger partial charge >= 0.3 is 19.4 Å². The minimum Gasteiger partial charge on any atom is -0.480 e. The predicted octanol–water partition coefficient (Wildman–Crippen LogP) is -0.603. The van der Waals surface area contributed by atoms with Gasteiger partial charge in [-0.1, -0.05) is 4.98 Å². The van der Waals surface area contributed by atoms with Crippen LogP contribution in [0.3, 0.4) is 0 Å². The number of hydrogen-bond acceptors (Lipinski definition) is 9. The minimum atomic E-state index is -4.43. The van der Waals surface area contributed by atoms with Gasteiger partial charge in [0.05, 0.1) is 18.8 Å². The number of H-pyrrole nitrogens is 2. The molecule has 2 aromatic rings. The van der Waals surface area contributed by atoms with Crippen LogP contribution in [-0.2, 0) is 28.1 Å². The zero-order valence-corrected chi connectivity index (χ0v) is 20.0. The lowest BCUT2D eigenvalue weighted by molar-refractivity contribution is -0.745. The number of ether oxygens (including phenoxy) is 3. The predicted molar refractivity (Wildman–Crippen MR) is 117 cm³/mol. The maximum Gasteiger partial charge on any atom is 0.403 e. The molecule has 1 saturated heterocycles. The van der Waals surface area contributed by atoms with E-state index in [0.717, 1.165) is 0 Å². The van der Waals surface area contributed by atoms with E-state index < -0.39 is 57.0 Å². The number of nitrogens with zero attached hydrogens (tertiary/aromatic N) is 2. The Morgan fingerprint density at radius 1 is 1.32 bits per heavy atom. The molecule has 3 heterocycles. The number of carbonyl (C=O) groups is 1. The molecule has 34 heavy (non-hydrogen) atoms. The molecular formula is C18H30N6O9P+. The minimum absolute atomic E-state index is 0.0919. The molecule has 5 atom stereocenters. The van der Waals surface area contributed by atoms with Crippen LogP contribution >= 0.6 is 7.75 Å². The van der Waals surface area contributed by atoms with Gasteiger partial charge in [0.15, 0.2) is 6.33 Å². The Bertz CT molecular complexity index is 1120. The highest BCUT2D eigenvalue weighted by molar-refractivity contribution is 7.50. The van der Waals surface area contributed by atoms with Gasteiger partial charge in [-0.25, -0.2) is 14.2 Å². The number of hydrogen-bond donors (Lipinski definition) is 6. The molecule has 1 aliphatic heterocycles. The summed E-state index contributed by atoms with van der Waals surface area (Å²) in [5, 5.41) is 10.7. The van der Waals surface area contributed by atoms with Gasteiger partial charge < -0.3 is 29.9 Å². The molecule has 15 nitrogen and oxygen atoms in total. The average Bonchev–Trinajstić information content (AvgIpc) is 3.26. The normalized spacial score (nSPS) is 24.8. The van der Waals surface area contributed by atoms with Gasteiger partial charge in [-0.15, -0.1) is 0 Å². The standard InChI is InChI=1S/C18H29N6O9P/c1-8(2)31-13-10(6-30-34(28,29)21-5-11(25)26)33-17(14(13)32-9(3)4)24-7-20-12-15(24)22-18(19)23-16(12)27/h7-10,13-14,17H,5-6H2,1-4H3,(H6,19,21,22,23,25,26,27,28,29)/p+1/t10-,13+,14?,17-/m1/s1. The Morgan fingerprint density at radius 2 is 1.97 bits per heavy atom. The van der Waals surface area contributed by atoms with Crippen LogP contribution in [0, 0.1) is 0 Å². The van der Waals surface area contributed by atoms with E-state index in [-0.39, 0.29) is 29.3 Å². The highest BCUT2D eigenvalue weighted by Gasteiger charge is 2.51. The largest absolute Gasteiger partial charge is 0.480 e. The lowest BCUT2D eigenvalue weighted by Gasteiger charge is -2.27. The van der Waals surface area contributed by atoms with Crippen LogP contribution in [0.2, 0.25) is 0 Å². The van der Waals surface area contributed by atoms with Crippen LogP contribution < -0.4 is 20.9 Å². The summed E-state index contributed by atoms with van der Waals surface area (Å²) >= 11 is 0. The number of aliphatic carboxylic acids is 1. The number of anilines is 1. The van der Waals surface area contributed by atoms with Crippen LogP contribution in [0.5, 0.6) is 0 Å². The van der Waals surface area contributed by atoms with Crippen LogP contribution in [0.4, 0.5) is 5.95 Å². The number of nitrogen functional groups attached to an aromatic ring is 1. The Balaban J connectivity index is 1.94. The fourth-order valence-corrected chi connectivity index (χ4v) is 4.35. The number of carboxylic acid groups (broad SMARTS) is 1. The molecule has 190 valence electrons. The van der Waals surface area contributed by atoms with Crippen LogP contribution in [-0.4, -0.2) is 74.6 Å². The van der Waals surface area contributed by atoms with Crippen molar-refractivity contribution in [1.82, 2.24) is 20.0 Å². The summed E-state index contributed by atoms with van der Waals surface area (Å²) in [6, 6.07) is 0. The molecule has 0 saturated carbocycles. The first-order valence-electron chi connectivity index (χ1n) is 10.6. The molecule has 1 aliphatic rings. The lowest BCUT2D eigenvalue weighted by Crippen LogP contribution is -2.48. The van der Waals surface area contributed by atoms with Crippen LogP contribution in [0.1, 0.15) is 33.9 Å². The first-order valence-corrected chi connectivity index (χ1v) is 12.1. The van der Waals surface area contributed by atoms with Crippen molar-refractivity contribution >= 4 is 30.8 Å². The molecule has 1 fully saturated rings. The van der Waals surface area contributed by atoms with Crippen molar-refractivity contribution in [3.8, 4) is 0 Å². The Labute approximate surface area is 194 Å². The van der Waals surface area contributed by atoms with E-state index in [4.69, 9.17) is 29.6 Å². The third-order valence-corrected chi connectivity index (χ3v) is 5.83. The van der Waals surface area contributed by atoms with Crippen molar-refractivity contribution < 1.29 is 42.7 Å². The number of nitrogens with one attached hydrogen (secondary N) is 3. The third kappa shape index (κ3) is 6.18. The molecule has 2 unspecified atom stereocenters. The molecule has 3 rings (SSSR count). The summed E-state index contributed by atoms with van der Waals surface area (Å²) < 4.78 is 37.1. The van der Waals surface area contributed by atoms with Crippen molar-refractivity contribution in [3.63, 3.8) is 0 Å². The smallest absolute Gasteiger partial charge is 0.403 e. The second-order valence-electron chi connectivity index (χ2n) is 8.24. The van der Waals surface area contributed by atoms with Crippen molar-refractivity contribution in [2.45, 2.75) is 64.4 Å². The second kappa shape index (κ2) is 10.5. The number of imidazole rings is 1. The quantitative estimate of drug-likeness (QED) is 0.167. The van der Waals surface area contributed by atoms with Crippen LogP contribution in [0.15, 0.2) is 11.1 Å². The summed E-state index contributed by atoms with van der Waals surface area (Å²) in [7, 11) is -4.43. The highest BCUT2D eigenvalue weighted by Crippen LogP contribution is 2.39.